The van der Waals surface area contributed by atoms with Crippen molar-refractivity contribution in [1.29, 1.82) is 0 Å². The van der Waals surface area contributed by atoms with Gasteiger partial charge in [0.25, 0.3) is 5.91 Å². The van der Waals surface area contributed by atoms with Crippen LogP contribution in [0.2, 0.25) is 0 Å². The quantitative estimate of drug-likeness (QED) is 0.914. The Morgan fingerprint density at radius 1 is 1.16 bits per heavy atom. The molecule has 1 aliphatic carbocycles. The van der Waals surface area contributed by atoms with Gasteiger partial charge in [0.1, 0.15) is 0 Å². The van der Waals surface area contributed by atoms with Crippen LogP contribution in [0.1, 0.15) is 54.9 Å². The van der Waals surface area contributed by atoms with Crippen molar-refractivity contribution in [3.63, 3.8) is 0 Å². The monoisotopic (exact) mass is 344 g/mol. The fourth-order valence-electron chi connectivity index (χ4n) is 3.83. The van der Waals surface area contributed by atoms with Crippen LogP contribution in [0, 0.1) is 5.92 Å². The van der Waals surface area contributed by atoms with Crippen molar-refractivity contribution in [2.75, 3.05) is 19.7 Å². The summed E-state index contributed by atoms with van der Waals surface area (Å²) < 4.78 is 5.97. The normalized spacial score (nSPS) is 21.8. The first-order valence-electron chi connectivity index (χ1n) is 9.38. The molecule has 1 saturated heterocycles. The Hall–Kier alpha value is -1.88. The molecule has 0 spiro atoms. The van der Waals surface area contributed by atoms with Crippen LogP contribution < -0.4 is 5.32 Å². The van der Waals surface area contributed by atoms with E-state index in [9.17, 15) is 9.59 Å². The van der Waals surface area contributed by atoms with Crippen molar-refractivity contribution in [1.82, 2.24) is 10.2 Å². The van der Waals surface area contributed by atoms with Crippen LogP contribution in [-0.4, -0.2) is 42.5 Å². The molecule has 1 aromatic rings. The van der Waals surface area contributed by atoms with Gasteiger partial charge in [-0.2, -0.15) is 0 Å². The summed E-state index contributed by atoms with van der Waals surface area (Å²) in [5.74, 6) is 0.627. The van der Waals surface area contributed by atoms with Gasteiger partial charge in [-0.25, -0.2) is 0 Å². The van der Waals surface area contributed by atoms with Crippen molar-refractivity contribution >= 4 is 11.8 Å². The van der Waals surface area contributed by atoms with Crippen LogP contribution >= 0.6 is 0 Å². The third-order valence-corrected chi connectivity index (χ3v) is 5.30. The second-order valence-corrected chi connectivity index (χ2v) is 7.17. The number of carbonyl (C=O) groups is 2. The van der Waals surface area contributed by atoms with Gasteiger partial charge in [-0.05, 0) is 36.5 Å². The SMILES string of the molecule is CC(=O)NCc1ccc(C(=O)N2CCO[C@H](C3CCCCC3)C2)cc1. The van der Waals surface area contributed by atoms with E-state index in [1.807, 2.05) is 29.2 Å². The first kappa shape index (κ1) is 17.9. The molecular weight excluding hydrogens is 316 g/mol. The Morgan fingerprint density at radius 2 is 1.88 bits per heavy atom. The minimum absolute atomic E-state index is 0.0535. The van der Waals surface area contributed by atoms with E-state index in [1.54, 1.807) is 0 Å². The summed E-state index contributed by atoms with van der Waals surface area (Å²) >= 11 is 0. The van der Waals surface area contributed by atoms with Crippen molar-refractivity contribution in [2.24, 2.45) is 5.92 Å². The number of hydrogen-bond acceptors (Lipinski definition) is 3. The highest BCUT2D eigenvalue weighted by Gasteiger charge is 2.31. The Bertz CT molecular complexity index is 593. The topological polar surface area (TPSA) is 58.6 Å². The Kier molecular flexibility index (Phi) is 6.08. The summed E-state index contributed by atoms with van der Waals surface area (Å²) in [6.07, 6.45) is 6.55. The zero-order valence-corrected chi connectivity index (χ0v) is 15.0. The highest BCUT2D eigenvalue weighted by molar-refractivity contribution is 5.94. The molecule has 2 aliphatic rings. The predicted octanol–water partition coefficient (Wildman–Crippen LogP) is 2.74. The van der Waals surface area contributed by atoms with E-state index in [-0.39, 0.29) is 17.9 Å². The molecule has 0 unspecified atom stereocenters. The van der Waals surface area contributed by atoms with Crippen molar-refractivity contribution in [3.8, 4) is 0 Å². The van der Waals surface area contributed by atoms with E-state index < -0.39 is 0 Å². The van der Waals surface area contributed by atoms with Gasteiger partial charge in [-0.1, -0.05) is 31.4 Å². The lowest BCUT2D eigenvalue weighted by molar-refractivity contribution is -0.119. The highest BCUT2D eigenvalue weighted by Crippen LogP contribution is 2.29. The van der Waals surface area contributed by atoms with Crippen molar-refractivity contribution in [2.45, 2.75) is 51.7 Å². The standard InChI is InChI=1S/C20H28N2O3/c1-15(23)21-13-16-7-9-18(10-8-16)20(24)22-11-12-25-19(14-22)17-5-3-2-4-6-17/h7-10,17,19H,2-6,11-14H2,1H3,(H,21,23)/t19-/m0/s1. The number of ether oxygens (including phenoxy) is 1. The molecule has 25 heavy (non-hydrogen) atoms. The Morgan fingerprint density at radius 3 is 2.56 bits per heavy atom. The largest absolute Gasteiger partial charge is 0.374 e. The number of amides is 2. The summed E-state index contributed by atoms with van der Waals surface area (Å²) in [7, 11) is 0. The maximum atomic E-state index is 12.8. The predicted molar refractivity (Wildman–Crippen MR) is 96.2 cm³/mol. The van der Waals surface area contributed by atoms with Gasteiger partial charge >= 0.3 is 0 Å². The lowest BCUT2D eigenvalue weighted by Crippen LogP contribution is -2.48. The number of benzene rings is 1. The van der Waals surface area contributed by atoms with Crippen LogP contribution in [0.3, 0.4) is 0 Å². The van der Waals surface area contributed by atoms with Gasteiger partial charge in [0.15, 0.2) is 0 Å². The maximum absolute atomic E-state index is 12.8. The zero-order valence-electron chi connectivity index (χ0n) is 15.0. The smallest absolute Gasteiger partial charge is 0.254 e. The minimum Gasteiger partial charge on any atom is -0.374 e. The average Bonchev–Trinajstić information content (AvgIpc) is 2.67. The molecule has 0 bridgehead atoms. The van der Waals surface area contributed by atoms with Crippen LogP contribution in [0.5, 0.6) is 0 Å². The lowest BCUT2D eigenvalue weighted by Gasteiger charge is -2.38. The van der Waals surface area contributed by atoms with Crippen LogP contribution in [0.25, 0.3) is 0 Å². The molecule has 2 amide bonds. The van der Waals surface area contributed by atoms with Crippen LogP contribution in [-0.2, 0) is 16.1 Å². The number of hydrogen-bond donors (Lipinski definition) is 1. The summed E-state index contributed by atoms with van der Waals surface area (Å²) in [6, 6.07) is 7.51. The third-order valence-electron chi connectivity index (χ3n) is 5.30. The van der Waals surface area contributed by atoms with Gasteiger partial charge < -0.3 is 15.0 Å². The number of carbonyl (C=O) groups excluding carboxylic acids is 2. The first-order valence-corrected chi connectivity index (χ1v) is 9.38. The van der Waals surface area contributed by atoms with Gasteiger partial charge in [0.05, 0.1) is 12.7 Å². The number of nitrogens with zero attached hydrogens (tertiary/aromatic N) is 1. The molecule has 1 aliphatic heterocycles. The van der Waals surface area contributed by atoms with E-state index >= 15 is 0 Å². The fraction of sp³-hybridized carbons (Fsp3) is 0.600. The van der Waals surface area contributed by atoms with Gasteiger partial charge in [-0.3, -0.25) is 9.59 Å². The molecule has 1 heterocycles. The molecule has 1 N–H and O–H groups in total. The summed E-state index contributed by atoms with van der Waals surface area (Å²) in [5.41, 5.74) is 1.70. The van der Waals surface area contributed by atoms with E-state index in [4.69, 9.17) is 4.74 Å². The van der Waals surface area contributed by atoms with E-state index in [0.29, 0.717) is 37.7 Å². The summed E-state index contributed by atoms with van der Waals surface area (Å²) in [5, 5.41) is 2.77. The molecule has 1 atom stereocenters. The molecule has 0 aromatic heterocycles. The molecule has 1 aromatic carbocycles. The van der Waals surface area contributed by atoms with Crippen LogP contribution in [0.4, 0.5) is 0 Å². The number of rotatable bonds is 4. The molecule has 5 nitrogen and oxygen atoms in total. The number of morpholine rings is 1. The molecule has 0 radical (unpaired) electrons. The molecule has 3 rings (SSSR count). The summed E-state index contributed by atoms with van der Waals surface area (Å²) in [6.45, 7) is 3.99. The average molecular weight is 344 g/mol. The third kappa shape index (κ3) is 4.82. The van der Waals surface area contributed by atoms with Crippen LogP contribution in [0.15, 0.2) is 24.3 Å². The first-order chi connectivity index (χ1) is 12.1. The molecule has 1 saturated carbocycles. The van der Waals surface area contributed by atoms with Crippen molar-refractivity contribution < 1.29 is 14.3 Å². The van der Waals surface area contributed by atoms with E-state index in [2.05, 4.69) is 5.32 Å². The number of nitrogens with one attached hydrogen (secondary N) is 1. The molecule has 5 heteroatoms. The lowest BCUT2D eigenvalue weighted by atomic mass is 9.84. The minimum atomic E-state index is -0.0535. The summed E-state index contributed by atoms with van der Waals surface area (Å²) in [4.78, 5) is 25.7. The molecule has 2 fully saturated rings. The fourth-order valence-corrected chi connectivity index (χ4v) is 3.83. The molecular formula is C20H28N2O3. The second-order valence-electron chi connectivity index (χ2n) is 7.17. The van der Waals surface area contributed by atoms with Crippen molar-refractivity contribution in [3.05, 3.63) is 35.4 Å². The Labute approximate surface area is 149 Å². The zero-order chi connectivity index (χ0) is 17.6. The van der Waals surface area contributed by atoms with Gasteiger partial charge in [-0.15, -0.1) is 0 Å². The Balaban J connectivity index is 1.58. The van der Waals surface area contributed by atoms with E-state index in [1.165, 1.54) is 39.0 Å². The van der Waals surface area contributed by atoms with Gasteiger partial charge in [0.2, 0.25) is 5.91 Å². The van der Waals surface area contributed by atoms with Gasteiger partial charge in [0, 0.05) is 32.1 Å². The molecule has 136 valence electrons. The second kappa shape index (κ2) is 8.48. The highest BCUT2D eigenvalue weighted by atomic mass is 16.5. The maximum Gasteiger partial charge on any atom is 0.254 e. The van der Waals surface area contributed by atoms with E-state index in [0.717, 1.165) is 5.56 Å².